The predicted octanol–water partition coefficient (Wildman–Crippen LogP) is 1.81. The van der Waals surface area contributed by atoms with Gasteiger partial charge in [-0.15, -0.1) is 0 Å². The molecule has 4 rings (SSSR count). The molecule has 1 aromatic heterocycles. The minimum atomic E-state index is -0.418. The van der Waals surface area contributed by atoms with Crippen molar-refractivity contribution in [1.82, 2.24) is 15.2 Å². The Morgan fingerprint density at radius 3 is 3.03 bits per heavy atom. The van der Waals surface area contributed by atoms with E-state index in [4.69, 9.17) is 19.9 Å². The number of hydrogen-bond acceptors (Lipinski definition) is 7. The summed E-state index contributed by atoms with van der Waals surface area (Å²) in [5, 5.41) is 11.4. The predicted molar refractivity (Wildman–Crippen MR) is 109 cm³/mol. The number of aryl methyl sites for hydroxylation is 1. The summed E-state index contributed by atoms with van der Waals surface area (Å²) in [4.78, 5) is 23.7. The van der Waals surface area contributed by atoms with Crippen molar-refractivity contribution in [1.29, 1.82) is 5.41 Å². The van der Waals surface area contributed by atoms with Crippen molar-refractivity contribution in [3.05, 3.63) is 29.6 Å². The van der Waals surface area contributed by atoms with Gasteiger partial charge in [0.25, 0.3) is 0 Å². The van der Waals surface area contributed by atoms with Gasteiger partial charge >= 0.3 is 0 Å². The molecule has 2 bridgehead atoms. The van der Waals surface area contributed by atoms with Gasteiger partial charge < -0.3 is 25.1 Å². The SMILES string of the molecule is Cc1ccc(CN2CC(=O)NC3CCC2=NC(OCC2CCCO2)CC3=N)cn1. The standard InChI is InChI=1S/C21H29N5O3/c1-14-4-5-15(10-23-14)11-26-12-20(27)24-18-6-7-19(26)25-21(9-17(18)22)29-13-16-3-2-8-28-16/h4-5,10,16,18,21-22H,2-3,6-9,11-13H2,1H3,(H,24,27). The number of aliphatic imine (C=N–C) groups is 1. The number of hydrogen-bond donors (Lipinski definition) is 2. The largest absolute Gasteiger partial charge is 0.376 e. The number of aromatic nitrogens is 1. The molecule has 0 aromatic carbocycles. The molecule has 0 spiro atoms. The zero-order valence-electron chi connectivity index (χ0n) is 16.9. The summed E-state index contributed by atoms with van der Waals surface area (Å²) in [5.41, 5.74) is 2.48. The molecule has 2 N–H and O–H groups in total. The molecule has 1 aromatic rings. The van der Waals surface area contributed by atoms with Gasteiger partial charge in [0.15, 0.2) is 6.23 Å². The number of nitrogens with zero attached hydrogens (tertiary/aromatic N) is 3. The summed E-state index contributed by atoms with van der Waals surface area (Å²) in [6, 6.07) is 3.77. The van der Waals surface area contributed by atoms with Crippen LogP contribution in [-0.4, -0.2) is 65.5 Å². The minimum absolute atomic E-state index is 0.0778. The lowest BCUT2D eigenvalue weighted by atomic mass is 9.99. The lowest BCUT2D eigenvalue weighted by molar-refractivity contribution is -0.122. The zero-order chi connectivity index (χ0) is 20.2. The van der Waals surface area contributed by atoms with Crippen LogP contribution in [0.3, 0.4) is 0 Å². The van der Waals surface area contributed by atoms with Crippen LogP contribution in [0.1, 0.15) is 43.4 Å². The fourth-order valence-electron chi connectivity index (χ4n) is 4.01. The van der Waals surface area contributed by atoms with Crippen LogP contribution in [0.5, 0.6) is 0 Å². The molecule has 3 aliphatic rings. The summed E-state index contributed by atoms with van der Waals surface area (Å²) < 4.78 is 11.7. The van der Waals surface area contributed by atoms with E-state index in [0.717, 1.165) is 36.5 Å². The molecule has 156 valence electrons. The number of amides is 1. The fourth-order valence-corrected chi connectivity index (χ4v) is 4.01. The van der Waals surface area contributed by atoms with Crippen molar-refractivity contribution in [2.24, 2.45) is 4.99 Å². The molecule has 2 fully saturated rings. The number of fused-ring (bicyclic) bond motifs is 3. The number of rotatable bonds is 5. The molecule has 1 amide bonds. The molecule has 8 nitrogen and oxygen atoms in total. The van der Waals surface area contributed by atoms with Crippen LogP contribution in [0.4, 0.5) is 0 Å². The minimum Gasteiger partial charge on any atom is -0.376 e. The lowest BCUT2D eigenvalue weighted by Gasteiger charge is -2.34. The fraction of sp³-hybridized carbons (Fsp3) is 0.619. The van der Waals surface area contributed by atoms with Crippen LogP contribution in [0.15, 0.2) is 23.3 Å². The van der Waals surface area contributed by atoms with E-state index in [-0.39, 0.29) is 24.6 Å². The normalized spacial score (nSPS) is 27.7. The van der Waals surface area contributed by atoms with E-state index in [1.807, 2.05) is 30.2 Å². The van der Waals surface area contributed by atoms with E-state index >= 15 is 0 Å². The number of amidine groups is 1. The van der Waals surface area contributed by atoms with Crippen molar-refractivity contribution in [2.75, 3.05) is 19.8 Å². The van der Waals surface area contributed by atoms with Crippen molar-refractivity contribution >= 4 is 17.5 Å². The third-order valence-electron chi connectivity index (χ3n) is 5.64. The van der Waals surface area contributed by atoms with E-state index in [0.29, 0.717) is 38.1 Å². The highest BCUT2D eigenvalue weighted by atomic mass is 16.5. The third-order valence-corrected chi connectivity index (χ3v) is 5.64. The molecule has 0 saturated carbocycles. The van der Waals surface area contributed by atoms with Gasteiger partial charge in [0.2, 0.25) is 5.91 Å². The van der Waals surface area contributed by atoms with Crippen LogP contribution in [-0.2, 0) is 20.8 Å². The first-order chi connectivity index (χ1) is 14.1. The van der Waals surface area contributed by atoms with Gasteiger partial charge in [-0.05, 0) is 37.8 Å². The zero-order valence-corrected chi connectivity index (χ0v) is 16.9. The Morgan fingerprint density at radius 1 is 1.38 bits per heavy atom. The molecule has 0 radical (unpaired) electrons. The second kappa shape index (κ2) is 9.00. The maximum Gasteiger partial charge on any atom is 0.240 e. The first-order valence-corrected chi connectivity index (χ1v) is 10.4. The average Bonchev–Trinajstić information content (AvgIpc) is 3.20. The molecule has 4 heterocycles. The Hall–Kier alpha value is -2.32. The van der Waals surface area contributed by atoms with Crippen LogP contribution < -0.4 is 5.32 Å². The molecule has 29 heavy (non-hydrogen) atoms. The van der Waals surface area contributed by atoms with Crippen LogP contribution in [0.2, 0.25) is 0 Å². The smallest absolute Gasteiger partial charge is 0.240 e. The van der Waals surface area contributed by atoms with Crippen molar-refractivity contribution in [2.45, 2.75) is 63.9 Å². The molecule has 3 atom stereocenters. The van der Waals surface area contributed by atoms with E-state index in [1.54, 1.807) is 0 Å². The topological polar surface area (TPSA) is 99.9 Å². The second-order valence-electron chi connectivity index (χ2n) is 8.02. The quantitative estimate of drug-likeness (QED) is 0.787. The maximum atomic E-state index is 12.5. The van der Waals surface area contributed by atoms with Gasteiger partial charge in [-0.1, -0.05) is 6.07 Å². The maximum absolute atomic E-state index is 12.5. The molecule has 0 aliphatic carbocycles. The van der Waals surface area contributed by atoms with E-state index < -0.39 is 6.23 Å². The van der Waals surface area contributed by atoms with Crippen LogP contribution in [0, 0.1) is 12.3 Å². The highest BCUT2D eigenvalue weighted by Gasteiger charge is 2.30. The summed E-state index contributed by atoms with van der Waals surface area (Å²) in [7, 11) is 0. The Kier molecular flexibility index (Phi) is 6.20. The van der Waals surface area contributed by atoms with Crippen molar-refractivity contribution in [3.8, 4) is 0 Å². The lowest BCUT2D eigenvalue weighted by Crippen LogP contribution is -2.51. The molecule has 2 saturated heterocycles. The molecule has 8 heteroatoms. The Balaban J connectivity index is 1.54. The number of carbonyl (C=O) groups is 1. The first-order valence-electron chi connectivity index (χ1n) is 10.4. The van der Waals surface area contributed by atoms with Crippen molar-refractivity contribution < 1.29 is 14.3 Å². The Labute approximate surface area is 171 Å². The number of carbonyl (C=O) groups excluding carboxylic acids is 1. The molecule has 3 aliphatic heterocycles. The van der Waals surface area contributed by atoms with Gasteiger partial charge in [-0.2, -0.15) is 0 Å². The summed E-state index contributed by atoms with van der Waals surface area (Å²) in [6.45, 7) is 4.02. The second-order valence-corrected chi connectivity index (χ2v) is 8.02. The van der Waals surface area contributed by atoms with Gasteiger partial charge in [0, 0.05) is 43.6 Å². The van der Waals surface area contributed by atoms with Crippen LogP contribution in [0.25, 0.3) is 0 Å². The van der Waals surface area contributed by atoms with Gasteiger partial charge in [0.1, 0.15) is 5.84 Å². The number of ether oxygens (including phenoxy) is 2. The highest BCUT2D eigenvalue weighted by molar-refractivity contribution is 5.96. The van der Waals surface area contributed by atoms with E-state index in [2.05, 4.69) is 10.3 Å². The summed E-state index contributed by atoms with van der Waals surface area (Å²) in [6.07, 6.45) is 5.39. The summed E-state index contributed by atoms with van der Waals surface area (Å²) in [5.74, 6) is 0.793. The molecular formula is C21H29N5O3. The number of nitrogens with one attached hydrogen (secondary N) is 2. The number of pyridine rings is 1. The first kappa shape index (κ1) is 20.0. The van der Waals surface area contributed by atoms with Gasteiger partial charge in [-0.25, -0.2) is 4.99 Å². The average molecular weight is 399 g/mol. The molecular weight excluding hydrogens is 370 g/mol. The summed E-state index contributed by atoms with van der Waals surface area (Å²) >= 11 is 0. The Morgan fingerprint density at radius 2 is 2.28 bits per heavy atom. The van der Waals surface area contributed by atoms with Gasteiger partial charge in [0.05, 0.1) is 25.3 Å². The Bertz CT molecular complexity index is 773. The molecule has 3 unspecified atom stereocenters. The highest BCUT2D eigenvalue weighted by Crippen LogP contribution is 2.20. The van der Waals surface area contributed by atoms with Crippen molar-refractivity contribution in [3.63, 3.8) is 0 Å². The third kappa shape index (κ3) is 5.19. The van der Waals surface area contributed by atoms with Crippen LogP contribution >= 0.6 is 0 Å². The van der Waals surface area contributed by atoms with E-state index in [9.17, 15) is 4.79 Å². The monoisotopic (exact) mass is 399 g/mol. The van der Waals surface area contributed by atoms with Gasteiger partial charge in [-0.3, -0.25) is 9.78 Å². The van der Waals surface area contributed by atoms with E-state index in [1.165, 1.54) is 0 Å².